The van der Waals surface area contributed by atoms with Crippen LogP contribution in [0.3, 0.4) is 0 Å². The number of rotatable bonds is 15. The summed E-state index contributed by atoms with van der Waals surface area (Å²) in [5.41, 5.74) is 20.8. The maximum atomic E-state index is 5.10. The van der Waals surface area contributed by atoms with Gasteiger partial charge in [-0.05, 0) is 260 Å². The first-order chi connectivity index (χ1) is 65.3. The van der Waals surface area contributed by atoms with Crippen LogP contribution in [0.5, 0.6) is 0 Å². The van der Waals surface area contributed by atoms with Crippen LogP contribution in [0.25, 0.3) is 234 Å². The summed E-state index contributed by atoms with van der Waals surface area (Å²) >= 11 is 0. The highest BCUT2D eigenvalue weighted by Gasteiger charge is 2.22. The lowest BCUT2D eigenvalue weighted by molar-refractivity contribution is 1.07. The van der Waals surface area contributed by atoms with Gasteiger partial charge >= 0.3 is 0 Å². The number of fused-ring (bicyclic) bond motifs is 6. The van der Waals surface area contributed by atoms with E-state index < -0.39 is 0 Å². The largest absolute Gasteiger partial charge is 0.265 e. The van der Waals surface area contributed by atoms with Gasteiger partial charge in [0, 0.05) is 117 Å². The molecule has 0 N–H and O–H groups in total. The molecule has 0 unspecified atom stereocenters. The van der Waals surface area contributed by atoms with Crippen LogP contribution in [-0.2, 0) is 0 Å². The van der Waals surface area contributed by atoms with Crippen molar-refractivity contribution in [1.82, 2.24) is 69.8 Å². The summed E-state index contributed by atoms with van der Waals surface area (Å²) in [6, 6.07) is 140. The molecule has 0 radical (unpaired) electrons. The molecule has 14 nitrogen and oxygen atoms in total. The van der Waals surface area contributed by atoms with Crippen molar-refractivity contribution in [3.8, 4) is 169 Å². The van der Waals surface area contributed by atoms with Gasteiger partial charge in [0.2, 0.25) is 0 Å². The molecular weight excluding hydrogens is 1610 g/mol. The van der Waals surface area contributed by atoms with E-state index in [2.05, 4.69) is 365 Å². The summed E-state index contributed by atoms with van der Waals surface area (Å²) in [4.78, 5) is 67.3. The van der Waals surface area contributed by atoms with Gasteiger partial charge in [0.1, 0.15) is 0 Å². The third-order valence-corrected chi connectivity index (χ3v) is 23.6. The Kier molecular flexibility index (Phi) is 21.8. The summed E-state index contributed by atoms with van der Waals surface area (Å²) < 4.78 is 0. The maximum absolute atomic E-state index is 5.10. The standard InChI is InChI=1S/C40H26N4.2C39H25N5/c1-2-8-27(9-3-1)35-24-36(30-18-20-41-21-19-30)26-37(25-35)40-43-38(33-16-14-28-10-4-6-12-31(28)22-33)42-39(44-40)34-17-15-29-11-5-7-13-32(29)23-34;1-3-9-29-21-31(14-12-26(29)7-1)37-42-38(32-15-13-27-8-2-4-10-30(27)22-32)44-39(43-37)35-24-33(28-16-19-40-20-17-28)23-34(25-35)36-11-5-6-18-41-36;1-3-8-29-20-31(13-11-26(29)6-1)37-42-38(32-14-12-27-7-2-4-9-30(27)21-32)44-39(43-37)36-23-34(28-15-18-40-19-16-28)22-35(24-36)33-10-5-17-41-25-33/h1-26H;2*1-25H. The van der Waals surface area contributed by atoms with Crippen LogP contribution >= 0.6 is 0 Å². The summed E-state index contributed by atoms with van der Waals surface area (Å²) in [6.45, 7) is 0. The van der Waals surface area contributed by atoms with Crippen molar-refractivity contribution in [1.29, 1.82) is 0 Å². The normalized spacial score (nSPS) is 11.2. The van der Waals surface area contributed by atoms with Crippen LogP contribution in [-0.4, -0.2) is 69.8 Å². The van der Waals surface area contributed by atoms with Crippen LogP contribution < -0.4 is 0 Å². The van der Waals surface area contributed by atoms with Crippen molar-refractivity contribution in [2.75, 3.05) is 0 Å². The highest BCUT2D eigenvalue weighted by Crippen LogP contribution is 2.40. The fourth-order valence-electron chi connectivity index (χ4n) is 16.8. The van der Waals surface area contributed by atoms with E-state index in [-0.39, 0.29) is 0 Å². The molecule has 0 saturated heterocycles. The first kappa shape index (κ1) is 79.7. The maximum Gasteiger partial charge on any atom is 0.164 e. The Morgan fingerprint density at radius 3 is 0.614 bits per heavy atom. The average Bonchev–Trinajstić information content (AvgIpc) is 0.779. The third kappa shape index (κ3) is 17.3. The zero-order valence-electron chi connectivity index (χ0n) is 71.1. The number of hydrogen-bond acceptors (Lipinski definition) is 14. The minimum atomic E-state index is 0.597. The van der Waals surface area contributed by atoms with Gasteiger partial charge in [-0.2, -0.15) is 0 Å². The molecular formula is C118H76N14. The summed E-state index contributed by atoms with van der Waals surface area (Å²) in [7, 11) is 0. The molecule has 0 bridgehead atoms. The lowest BCUT2D eigenvalue weighted by Crippen LogP contribution is -2.01. The predicted octanol–water partition coefficient (Wildman–Crippen LogP) is 28.5. The zero-order chi connectivity index (χ0) is 87.9. The lowest BCUT2D eigenvalue weighted by Gasteiger charge is -2.13. The fourth-order valence-corrected chi connectivity index (χ4v) is 16.8. The fraction of sp³-hybridized carbons (Fsp3) is 0. The molecule has 0 fully saturated rings. The summed E-state index contributed by atoms with van der Waals surface area (Å²) in [6.07, 6.45) is 16.4. The van der Waals surface area contributed by atoms with E-state index in [1.165, 1.54) is 32.3 Å². The van der Waals surface area contributed by atoms with E-state index in [9.17, 15) is 0 Å². The molecule has 0 atom stereocenters. The first-order valence-corrected chi connectivity index (χ1v) is 43.6. The Balaban J connectivity index is 0.000000116. The average molecular weight is 1690 g/mol. The number of benzene rings is 16. The quantitative estimate of drug-likeness (QED) is 0.0945. The first-order valence-electron chi connectivity index (χ1n) is 43.6. The smallest absolute Gasteiger partial charge is 0.164 e. The Morgan fingerprint density at radius 2 is 0.341 bits per heavy atom. The second-order valence-corrected chi connectivity index (χ2v) is 32.2. The van der Waals surface area contributed by atoms with Gasteiger partial charge in [0.05, 0.1) is 5.69 Å². The topological polar surface area (TPSA) is 180 Å². The predicted molar refractivity (Wildman–Crippen MR) is 535 cm³/mol. The number of hydrogen-bond donors (Lipinski definition) is 0. The second kappa shape index (κ2) is 36.1. The van der Waals surface area contributed by atoms with Crippen molar-refractivity contribution in [2.45, 2.75) is 0 Å². The molecule has 24 rings (SSSR count). The van der Waals surface area contributed by atoms with Crippen molar-refractivity contribution < 1.29 is 0 Å². The third-order valence-electron chi connectivity index (χ3n) is 23.6. The molecule has 16 aromatic carbocycles. The molecule has 0 aliphatic heterocycles. The van der Waals surface area contributed by atoms with Gasteiger partial charge in [-0.25, -0.2) is 44.9 Å². The van der Waals surface area contributed by atoms with Crippen LogP contribution in [0, 0.1) is 0 Å². The van der Waals surface area contributed by atoms with Crippen molar-refractivity contribution in [3.05, 3.63) is 462 Å². The molecule has 618 valence electrons. The van der Waals surface area contributed by atoms with Gasteiger partial charge in [-0.1, -0.05) is 261 Å². The van der Waals surface area contributed by atoms with Gasteiger partial charge in [-0.15, -0.1) is 0 Å². The van der Waals surface area contributed by atoms with Gasteiger partial charge < -0.3 is 0 Å². The molecule has 0 spiro atoms. The molecule has 0 aliphatic carbocycles. The zero-order valence-corrected chi connectivity index (χ0v) is 71.1. The SMILES string of the molecule is c1ccc(-c2cc(-c3ccncc3)cc(-c3nc(-c4ccc5ccccc5c4)nc(-c4ccc5ccccc5c4)n3)c2)cc1.c1ccc(-c2cc(-c3ccncc3)cc(-c3nc(-c4ccc5ccccc5c4)nc(-c4ccc5ccccc5c4)n3)c2)nc1.c1cncc(-c2cc(-c3ccncc3)cc(-c3nc(-c4ccc5ccccc5c4)nc(-c4ccc5ccccc5c4)n3)c2)c1. The van der Waals surface area contributed by atoms with E-state index in [0.29, 0.717) is 52.4 Å². The highest BCUT2D eigenvalue weighted by atomic mass is 15.1. The Hall–Kier alpha value is -18.1. The molecule has 0 aliphatic rings. The van der Waals surface area contributed by atoms with Crippen LogP contribution in [0.2, 0.25) is 0 Å². The van der Waals surface area contributed by atoms with Crippen molar-refractivity contribution in [2.24, 2.45) is 0 Å². The van der Waals surface area contributed by atoms with Crippen molar-refractivity contribution in [3.63, 3.8) is 0 Å². The van der Waals surface area contributed by atoms with Gasteiger partial charge in [-0.3, -0.25) is 24.9 Å². The molecule has 8 heterocycles. The van der Waals surface area contributed by atoms with E-state index in [4.69, 9.17) is 44.9 Å². The van der Waals surface area contributed by atoms with Crippen LogP contribution in [0.4, 0.5) is 0 Å². The van der Waals surface area contributed by atoms with Gasteiger partial charge in [0.25, 0.3) is 0 Å². The molecule has 8 aromatic heterocycles. The summed E-state index contributed by atoms with van der Waals surface area (Å²) in [5.74, 6) is 5.60. The Morgan fingerprint density at radius 1 is 0.114 bits per heavy atom. The molecule has 24 aromatic rings. The van der Waals surface area contributed by atoms with E-state index in [0.717, 1.165) is 149 Å². The van der Waals surface area contributed by atoms with Crippen LogP contribution in [0.15, 0.2) is 462 Å². The number of pyridine rings is 5. The Bertz CT molecular complexity index is 7160. The van der Waals surface area contributed by atoms with E-state index in [1.54, 1.807) is 18.6 Å². The van der Waals surface area contributed by atoms with Crippen molar-refractivity contribution >= 4 is 64.6 Å². The highest BCUT2D eigenvalue weighted by molar-refractivity contribution is 5.94. The summed E-state index contributed by atoms with van der Waals surface area (Å²) in [5, 5.41) is 13.9. The lowest BCUT2D eigenvalue weighted by atomic mass is 9.96. The minimum absolute atomic E-state index is 0.597. The monoisotopic (exact) mass is 1690 g/mol. The second-order valence-electron chi connectivity index (χ2n) is 32.2. The van der Waals surface area contributed by atoms with E-state index in [1.807, 2.05) is 104 Å². The molecule has 0 saturated carbocycles. The molecule has 0 amide bonds. The minimum Gasteiger partial charge on any atom is -0.265 e. The number of nitrogens with zero attached hydrogens (tertiary/aromatic N) is 14. The molecule has 132 heavy (non-hydrogen) atoms. The van der Waals surface area contributed by atoms with Gasteiger partial charge in [0.15, 0.2) is 52.4 Å². The van der Waals surface area contributed by atoms with Crippen LogP contribution in [0.1, 0.15) is 0 Å². The van der Waals surface area contributed by atoms with E-state index >= 15 is 0 Å². The molecule has 14 heteroatoms. The Labute approximate surface area is 761 Å². The number of aromatic nitrogens is 14.